The lowest BCUT2D eigenvalue weighted by atomic mass is 9.87. The number of hydrogen-bond donors (Lipinski definition) is 1. The summed E-state index contributed by atoms with van der Waals surface area (Å²) in [6, 6.07) is 1.27. The summed E-state index contributed by atoms with van der Waals surface area (Å²) < 4.78 is 13.5. The van der Waals surface area contributed by atoms with E-state index in [-0.39, 0.29) is 22.9 Å². The SMILES string of the molecule is CCCNc1ncc(F)cc1C(=O)N(C)C(C)C(C)(C)C. The summed E-state index contributed by atoms with van der Waals surface area (Å²) in [7, 11) is 1.74. The Morgan fingerprint density at radius 3 is 2.62 bits per heavy atom. The van der Waals surface area contributed by atoms with E-state index in [0.717, 1.165) is 12.6 Å². The molecule has 0 saturated heterocycles. The monoisotopic (exact) mass is 295 g/mol. The first kappa shape index (κ1) is 17.4. The fourth-order valence-electron chi connectivity index (χ4n) is 1.93. The van der Waals surface area contributed by atoms with Gasteiger partial charge in [0.1, 0.15) is 11.6 Å². The van der Waals surface area contributed by atoms with Gasteiger partial charge in [-0.1, -0.05) is 27.7 Å². The Hall–Kier alpha value is -1.65. The molecular weight excluding hydrogens is 269 g/mol. The molecule has 118 valence electrons. The molecule has 4 nitrogen and oxygen atoms in total. The van der Waals surface area contributed by atoms with E-state index in [0.29, 0.717) is 12.4 Å². The van der Waals surface area contributed by atoms with Crippen LogP contribution in [0.2, 0.25) is 0 Å². The van der Waals surface area contributed by atoms with Crippen molar-refractivity contribution in [3.63, 3.8) is 0 Å². The zero-order valence-corrected chi connectivity index (χ0v) is 13.8. The number of rotatable bonds is 5. The largest absolute Gasteiger partial charge is 0.369 e. The maximum absolute atomic E-state index is 13.5. The molecule has 1 aromatic heterocycles. The summed E-state index contributed by atoms with van der Waals surface area (Å²) in [5.74, 6) is -0.281. The third-order valence-electron chi connectivity index (χ3n) is 3.78. The summed E-state index contributed by atoms with van der Waals surface area (Å²) in [5, 5.41) is 3.08. The Bertz CT molecular complexity index is 497. The molecule has 1 rings (SSSR count). The molecule has 0 saturated carbocycles. The molecule has 1 heterocycles. The number of amides is 1. The molecule has 1 N–H and O–H groups in total. The highest BCUT2D eigenvalue weighted by atomic mass is 19.1. The Balaban J connectivity index is 3.08. The number of aromatic nitrogens is 1. The van der Waals surface area contributed by atoms with E-state index in [1.165, 1.54) is 6.07 Å². The van der Waals surface area contributed by atoms with E-state index in [1.807, 2.05) is 13.8 Å². The van der Waals surface area contributed by atoms with Crippen LogP contribution in [-0.4, -0.2) is 35.4 Å². The van der Waals surface area contributed by atoms with Crippen molar-refractivity contribution < 1.29 is 9.18 Å². The second-order valence-corrected chi connectivity index (χ2v) is 6.43. The number of nitrogens with one attached hydrogen (secondary N) is 1. The molecule has 0 bridgehead atoms. The predicted molar refractivity (Wildman–Crippen MR) is 84.0 cm³/mol. The van der Waals surface area contributed by atoms with Gasteiger partial charge in [0.15, 0.2) is 0 Å². The van der Waals surface area contributed by atoms with Crippen LogP contribution in [0, 0.1) is 11.2 Å². The minimum Gasteiger partial charge on any atom is -0.369 e. The first-order valence-corrected chi connectivity index (χ1v) is 7.35. The maximum Gasteiger partial charge on any atom is 0.257 e. The number of anilines is 1. The molecule has 1 unspecified atom stereocenters. The van der Waals surface area contributed by atoms with Crippen molar-refractivity contribution in [2.45, 2.75) is 47.1 Å². The Labute approximate surface area is 126 Å². The van der Waals surface area contributed by atoms with Crippen LogP contribution in [0.4, 0.5) is 10.2 Å². The van der Waals surface area contributed by atoms with Gasteiger partial charge in [0.2, 0.25) is 0 Å². The molecule has 0 aliphatic carbocycles. The van der Waals surface area contributed by atoms with Crippen molar-refractivity contribution >= 4 is 11.7 Å². The van der Waals surface area contributed by atoms with Crippen LogP contribution in [0.5, 0.6) is 0 Å². The van der Waals surface area contributed by atoms with Gasteiger partial charge in [-0.05, 0) is 24.8 Å². The molecule has 0 aliphatic heterocycles. The summed E-state index contributed by atoms with van der Waals surface area (Å²) in [6.07, 6.45) is 2.03. The lowest BCUT2D eigenvalue weighted by Gasteiger charge is -2.35. The third kappa shape index (κ3) is 4.41. The van der Waals surface area contributed by atoms with Gasteiger partial charge in [-0.25, -0.2) is 9.37 Å². The Morgan fingerprint density at radius 2 is 2.10 bits per heavy atom. The summed E-state index contributed by atoms with van der Waals surface area (Å²) in [6.45, 7) is 10.9. The summed E-state index contributed by atoms with van der Waals surface area (Å²) in [4.78, 5) is 18.3. The highest BCUT2D eigenvalue weighted by molar-refractivity contribution is 5.98. The highest BCUT2D eigenvalue weighted by Crippen LogP contribution is 2.25. The van der Waals surface area contributed by atoms with Crippen LogP contribution >= 0.6 is 0 Å². The lowest BCUT2D eigenvalue weighted by Crippen LogP contribution is -2.43. The zero-order valence-electron chi connectivity index (χ0n) is 13.8. The van der Waals surface area contributed by atoms with Gasteiger partial charge in [0.25, 0.3) is 5.91 Å². The maximum atomic E-state index is 13.5. The van der Waals surface area contributed by atoms with Crippen LogP contribution in [0.15, 0.2) is 12.3 Å². The van der Waals surface area contributed by atoms with Gasteiger partial charge >= 0.3 is 0 Å². The molecule has 0 aromatic carbocycles. The normalized spacial score (nSPS) is 12.9. The number of pyridine rings is 1. The summed E-state index contributed by atoms with van der Waals surface area (Å²) >= 11 is 0. The van der Waals surface area contributed by atoms with E-state index in [4.69, 9.17) is 0 Å². The van der Waals surface area contributed by atoms with Gasteiger partial charge in [0.05, 0.1) is 11.8 Å². The van der Waals surface area contributed by atoms with Crippen molar-refractivity contribution in [1.29, 1.82) is 0 Å². The van der Waals surface area contributed by atoms with E-state index < -0.39 is 5.82 Å². The van der Waals surface area contributed by atoms with Crippen LogP contribution in [0.3, 0.4) is 0 Å². The Kier molecular flexibility index (Phi) is 5.70. The number of nitrogens with zero attached hydrogens (tertiary/aromatic N) is 2. The van der Waals surface area contributed by atoms with E-state index in [1.54, 1.807) is 11.9 Å². The van der Waals surface area contributed by atoms with Crippen LogP contribution in [0.25, 0.3) is 0 Å². The van der Waals surface area contributed by atoms with Gasteiger partial charge in [-0.2, -0.15) is 0 Å². The van der Waals surface area contributed by atoms with E-state index in [9.17, 15) is 9.18 Å². The topological polar surface area (TPSA) is 45.2 Å². The van der Waals surface area contributed by atoms with E-state index in [2.05, 4.69) is 31.1 Å². The number of hydrogen-bond acceptors (Lipinski definition) is 3. The molecule has 21 heavy (non-hydrogen) atoms. The molecule has 1 aromatic rings. The van der Waals surface area contributed by atoms with Gasteiger partial charge in [0, 0.05) is 19.6 Å². The second kappa shape index (κ2) is 6.87. The molecule has 0 spiro atoms. The lowest BCUT2D eigenvalue weighted by molar-refractivity contribution is 0.0629. The zero-order chi connectivity index (χ0) is 16.2. The quantitative estimate of drug-likeness (QED) is 0.903. The molecule has 0 radical (unpaired) electrons. The Morgan fingerprint density at radius 1 is 1.48 bits per heavy atom. The third-order valence-corrected chi connectivity index (χ3v) is 3.78. The first-order valence-electron chi connectivity index (χ1n) is 7.35. The van der Waals surface area contributed by atoms with Crippen LogP contribution < -0.4 is 5.32 Å². The van der Waals surface area contributed by atoms with E-state index >= 15 is 0 Å². The smallest absolute Gasteiger partial charge is 0.257 e. The molecule has 0 aliphatic rings. The molecule has 1 atom stereocenters. The van der Waals surface area contributed by atoms with Crippen LogP contribution in [-0.2, 0) is 0 Å². The minimum atomic E-state index is -0.503. The average Bonchev–Trinajstić information content (AvgIpc) is 2.42. The standard InChI is InChI=1S/C16H26FN3O/c1-7-8-18-14-13(9-12(17)10-19-14)15(21)20(6)11(2)16(3,4)5/h9-11H,7-8H2,1-6H3,(H,18,19). The van der Waals surface area contributed by atoms with Crippen LogP contribution in [0.1, 0.15) is 51.4 Å². The van der Waals surface area contributed by atoms with Crippen molar-refractivity contribution in [2.24, 2.45) is 5.41 Å². The second-order valence-electron chi connectivity index (χ2n) is 6.43. The minimum absolute atomic E-state index is 0.0206. The first-order chi connectivity index (χ1) is 9.68. The fourth-order valence-corrected chi connectivity index (χ4v) is 1.93. The number of halogens is 1. The van der Waals surface area contributed by atoms with Crippen molar-refractivity contribution in [3.8, 4) is 0 Å². The molecule has 0 fully saturated rings. The molecule has 1 amide bonds. The van der Waals surface area contributed by atoms with Gasteiger partial charge in [-0.3, -0.25) is 4.79 Å². The van der Waals surface area contributed by atoms with Crippen molar-refractivity contribution in [3.05, 3.63) is 23.6 Å². The highest BCUT2D eigenvalue weighted by Gasteiger charge is 2.29. The summed E-state index contributed by atoms with van der Waals surface area (Å²) in [5.41, 5.74) is 0.226. The van der Waals surface area contributed by atoms with Crippen molar-refractivity contribution in [2.75, 3.05) is 18.9 Å². The molecular formula is C16H26FN3O. The predicted octanol–water partition coefficient (Wildman–Crippen LogP) is 3.55. The van der Waals surface area contributed by atoms with Crippen molar-refractivity contribution in [1.82, 2.24) is 9.88 Å². The average molecular weight is 295 g/mol. The molecule has 5 heteroatoms. The number of carbonyl (C=O) groups excluding carboxylic acids is 1. The fraction of sp³-hybridized carbons (Fsp3) is 0.625. The van der Waals surface area contributed by atoms with Gasteiger partial charge in [-0.15, -0.1) is 0 Å². The van der Waals surface area contributed by atoms with Gasteiger partial charge < -0.3 is 10.2 Å². The number of carbonyl (C=O) groups is 1.